The van der Waals surface area contributed by atoms with Crippen LogP contribution in [0, 0.1) is 12.7 Å². The highest BCUT2D eigenvalue weighted by Gasteiger charge is 2.15. The summed E-state index contributed by atoms with van der Waals surface area (Å²) in [6.45, 7) is 1.88. The van der Waals surface area contributed by atoms with E-state index in [4.69, 9.17) is 0 Å². The van der Waals surface area contributed by atoms with E-state index in [0.717, 1.165) is 28.1 Å². The number of benzene rings is 3. The summed E-state index contributed by atoms with van der Waals surface area (Å²) in [4.78, 5) is 12.9. The minimum Gasteiger partial charge on any atom is -0.322 e. The summed E-state index contributed by atoms with van der Waals surface area (Å²) in [6, 6.07) is 25.2. The van der Waals surface area contributed by atoms with Gasteiger partial charge in [-0.15, -0.1) is 10.2 Å². The fourth-order valence-corrected chi connectivity index (χ4v) is 3.69. The van der Waals surface area contributed by atoms with E-state index in [0.29, 0.717) is 16.9 Å². The lowest BCUT2D eigenvalue weighted by atomic mass is 9.99. The number of rotatable bonds is 4. The average Bonchev–Trinajstić information content (AvgIpc) is 3.26. The second-order valence-electron chi connectivity index (χ2n) is 7.50. The van der Waals surface area contributed by atoms with Gasteiger partial charge in [-0.05, 0) is 60.5 Å². The molecular weight excluding hydrogens is 403 g/mol. The van der Waals surface area contributed by atoms with Crippen LogP contribution in [0.4, 0.5) is 10.1 Å². The predicted octanol–water partition coefficient (Wildman–Crippen LogP) is 5.76. The first-order valence-electron chi connectivity index (χ1n) is 10.2. The zero-order valence-electron chi connectivity index (χ0n) is 17.3. The van der Waals surface area contributed by atoms with Crippen molar-refractivity contribution in [3.05, 3.63) is 108 Å². The zero-order valence-corrected chi connectivity index (χ0v) is 17.3. The Labute approximate surface area is 184 Å². The fraction of sp³-hybridized carbons (Fsp3) is 0.0385. The minimum atomic E-state index is -0.350. The van der Waals surface area contributed by atoms with Crippen LogP contribution in [0.5, 0.6) is 0 Å². The van der Waals surface area contributed by atoms with Crippen molar-refractivity contribution in [1.82, 2.24) is 14.6 Å². The van der Waals surface area contributed by atoms with E-state index in [1.165, 1.54) is 24.3 Å². The third-order valence-corrected chi connectivity index (χ3v) is 5.36. The maximum Gasteiger partial charge on any atom is 0.255 e. The third-order valence-electron chi connectivity index (χ3n) is 5.36. The molecule has 156 valence electrons. The molecule has 0 spiro atoms. The number of nitrogens with one attached hydrogen (secondary N) is 1. The molecule has 2 aromatic heterocycles. The molecular formula is C26H19FN4O. The summed E-state index contributed by atoms with van der Waals surface area (Å²) in [5.74, 6) is 0.149. The highest BCUT2D eigenvalue weighted by atomic mass is 19.1. The Morgan fingerprint density at radius 2 is 1.66 bits per heavy atom. The van der Waals surface area contributed by atoms with E-state index in [-0.39, 0.29) is 11.7 Å². The molecule has 0 fully saturated rings. The number of fused-ring (bicyclic) bond motifs is 1. The van der Waals surface area contributed by atoms with Crippen molar-refractivity contribution in [2.45, 2.75) is 6.92 Å². The molecule has 1 N–H and O–H groups in total. The topological polar surface area (TPSA) is 59.3 Å². The Balaban J connectivity index is 1.54. The van der Waals surface area contributed by atoms with E-state index in [2.05, 4.69) is 15.5 Å². The van der Waals surface area contributed by atoms with Gasteiger partial charge in [-0.2, -0.15) is 0 Å². The third kappa shape index (κ3) is 3.63. The van der Waals surface area contributed by atoms with Crippen LogP contribution in [-0.4, -0.2) is 20.5 Å². The molecule has 3 aromatic carbocycles. The summed E-state index contributed by atoms with van der Waals surface area (Å²) in [6.07, 6.45) is 1.93. The van der Waals surface area contributed by atoms with Crippen molar-refractivity contribution in [2.24, 2.45) is 0 Å². The van der Waals surface area contributed by atoms with E-state index >= 15 is 0 Å². The average molecular weight is 422 g/mol. The van der Waals surface area contributed by atoms with Crippen molar-refractivity contribution in [3.63, 3.8) is 0 Å². The molecule has 0 radical (unpaired) electrons. The summed E-state index contributed by atoms with van der Waals surface area (Å²) in [5.41, 5.74) is 5.33. The van der Waals surface area contributed by atoms with E-state index in [9.17, 15) is 9.18 Å². The molecule has 0 bridgehead atoms. The largest absolute Gasteiger partial charge is 0.322 e. The van der Waals surface area contributed by atoms with Gasteiger partial charge < -0.3 is 5.32 Å². The first-order valence-corrected chi connectivity index (χ1v) is 10.2. The minimum absolute atomic E-state index is 0.255. The molecule has 0 aliphatic rings. The number of carbonyl (C=O) groups excluding carboxylic acids is 1. The Kier molecular flexibility index (Phi) is 4.95. The number of carbonyl (C=O) groups is 1. The highest BCUT2D eigenvalue weighted by Crippen LogP contribution is 2.28. The number of aryl methyl sites for hydroxylation is 1. The van der Waals surface area contributed by atoms with E-state index < -0.39 is 0 Å². The Bertz CT molecular complexity index is 1430. The summed E-state index contributed by atoms with van der Waals surface area (Å²) >= 11 is 0. The van der Waals surface area contributed by atoms with Gasteiger partial charge in [0.15, 0.2) is 11.5 Å². The van der Waals surface area contributed by atoms with Crippen LogP contribution in [-0.2, 0) is 0 Å². The first kappa shape index (κ1) is 19.6. The van der Waals surface area contributed by atoms with Gasteiger partial charge in [0.2, 0.25) is 0 Å². The lowest BCUT2D eigenvalue weighted by Gasteiger charge is -2.11. The lowest BCUT2D eigenvalue weighted by Crippen LogP contribution is -2.13. The fourth-order valence-electron chi connectivity index (χ4n) is 3.69. The SMILES string of the molecule is Cc1ccc(-c2cccn3c(-c4ccccc4)nnc23)cc1C(=O)Nc1ccc(F)cc1. The van der Waals surface area contributed by atoms with Crippen LogP contribution in [0.15, 0.2) is 91.1 Å². The van der Waals surface area contributed by atoms with Crippen molar-refractivity contribution in [2.75, 3.05) is 5.32 Å². The molecule has 0 atom stereocenters. The number of hydrogen-bond donors (Lipinski definition) is 1. The molecule has 5 aromatic rings. The van der Waals surface area contributed by atoms with Gasteiger partial charge in [-0.25, -0.2) is 4.39 Å². The molecule has 5 nitrogen and oxygen atoms in total. The molecule has 0 saturated carbocycles. The van der Waals surface area contributed by atoms with Crippen LogP contribution >= 0.6 is 0 Å². The van der Waals surface area contributed by atoms with Crippen LogP contribution in [0.1, 0.15) is 15.9 Å². The summed E-state index contributed by atoms with van der Waals surface area (Å²) in [5, 5.41) is 11.6. The molecule has 6 heteroatoms. The molecule has 2 heterocycles. The van der Waals surface area contributed by atoms with E-state index in [1.807, 2.05) is 78.2 Å². The van der Waals surface area contributed by atoms with Crippen LogP contribution < -0.4 is 5.32 Å². The van der Waals surface area contributed by atoms with Gasteiger partial charge in [-0.3, -0.25) is 9.20 Å². The van der Waals surface area contributed by atoms with Crippen LogP contribution in [0.25, 0.3) is 28.2 Å². The normalized spacial score (nSPS) is 10.9. The predicted molar refractivity (Wildman–Crippen MR) is 123 cm³/mol. The van der Waals surface area contributed by atoms with Gasteiger partial charge in [0.1, 0.15) is 5.82 Å². The quantitative estimate of drug-likeness (QED) is 0.400. The number of nitrogens with zero attached hydrogens (tertiary/aromatic N) is 3. The van der Waals surface area contributed by atoms with Gasteiger partial charge in [-0.1, -0.05) is 42.5 Å². The van der Waals surface area contributed by atoms with Gasteiger partial charge in [0.25, 0.3) is 5.91 Å². The first-order chi connectivity index (χ1) is 15.6. The van der Waals surface area contributed by atoms with Crippen LogP contribution in [0.2, 0.25) is 0 Å². The molecule has 0 saturated heterocycles. The standard InChI is InChI=1S/C26H19FN4O/c1-17-9-10-19(16-23(17)26(32)28-21-13-11-20(27)12-14-21)22-8-5-15-31-24(29-30-25(22)31)18-6-3-2-4-7-18/h2-16H,1H3,(H,28,32). The second kappa shape index (κ2) is 8.07. The molecule has 1 amide bonds. The van der Waals surface area contributed by atoms with E-state index in [1.54, 1.807) is 0 Å². The smallest absolute Gasteiger partial charge is 0.255 e. The maximum absolute atomic E-state index is 13.2. The molecule has 0 aliphatic carbocycles. The number of halogens is 1. The van der Waals surface area contributed by atoms with Gasteiger partial charge in [0.05, 0.1) is 0 Å². The zero-order chi connectivity index (χ0) is 22.1. The molecule has 0 aliphatic heterocycles. The highest BCUT2D eigenvalue weighted by molar-refractivity contribution is 6.06. The van der Waals surface area contributed by atoms with Crippen molar-refractivity contribution in [3.8, 4) is 22.5 Å². The Hall–Kier alpha value is -4.32. The number of hydrogen-bond acceptors (Lipinski definition) is 3. The number of pyridine rings is 1. The van der Waals surface area contributed by atoms with Gasteiger partial charge >= 0.3 is 0 Å². The van der Waals surface area contributed by atoms with Crippen molar-refractivity contribution in [1.29, 1.82) is 0 Å². The number of amides is 1. The summed E-state index contributed by atoms with van der Waals surface area (Å²) in [7, 11) is 0. The van der Waals surface area contributed by atoms with Crippen molar-refractivity contribution < 1.29 is 9.18 Å². The van der Waals surface area contributed by atoms with Crippen LogP contribution in [0.3, 0.4) is 0 Å². The van der Waals surface area contributed by atoms with Gasteiger partial charge in [0, 0.05) is 28.6 Å². The number of anilines is 1. The Morgan fingerprint density at radius 3 is 2.44 bits per heavy atom. The van der Waals surface area contributed by atoms with Crippen molar-refractivity contribution >= 4 is 17.2 Å². The molecule has 5 rings (SSSR count). The molecule has 32 heavy (non-hydrogen) atoms. The molecule has 0 unspecified atom stereocenters. The lowest BCUT2D eigenvalue weighted by molar-refractivity contribution is 0.102. The second-order valence-corrected chi connectivity index (χ2v) is 7.50. The monoisotopic (exact) mass is 422 g/mol. The maximum atomic E-state index is 13.2. The Morgan fingerprint density at radius 1 is 0.875 bits per heavy atom. The number of aromatic nitrogens is 3. The summed E-state index contributed by atoms with van der Waals surface area (Å²) < 4.78 is 15.1.